The van der Waals surface area contributed by atoms with Gasteiger partial charge in [0, 0.05) is 37.7 Å². The van der Waals surface area contributed by atoms with Crippen LogP contribution in [0.15, 0.2) is 45.6 Å². The highest BCUT2D eigenvalue weighted by Gasteiger charge is 2.30. The molecule has 2 heterocycles. The van der Waals surface area contributed by atoms with Crippen LogP contribution >= 0.6 is 44.3 Å². The van der Waals surface area contributed by atoms with Crippen molar-refractivity contribution in [1.82, 2.24) is 9.97 Å². The van der Waals surface area contributed by atoms with Gasteiger partial charge in [0.15, 0.2) is 0 Å². The van der Waals surface area contributed by atoms with Gasteiger partial charge in [-0.1, -0.05) is 31.9 Å². The number of benzene rings is 2. The second kappa shape index (κ2) is 9.68. The fourth-order valence-corrected chi connectivity index (χ4v) is 4.11. The molecule has 0 radical (unpaired) electrons. The molecule has 172 valence electrons. The first kappa shape index (κ1) is 26.0. The maximum absolute atomic E-state index is 13.8. The minimum Gasteiger partial charge on any atom is -0.465 e. The first-order chi connectivity index (χ1) is 14.4. The Bertz CT molecular complexity index is 1280. The van der Waals surface area contributed by atoms with Crippen molar-refractivity contribution in [1.29, 1.82) is 0 Å². The summed E-state index contributed by atoms with van der Waals surface area (Å²) in [5.41, 5.74) is 6.72. The van der Waals surface area contributed by atoms with Crippen LogP contribution in [0, 0.1) is 11.6 Å². The molecule has 11 heteroatoms. The highest BCUT2D eigenvalue weighted by atomic mass is 79.9. The van der Waals surface area contributed by atoms with Gasteiger partial charge >= 0.3 is 6.09 Å². The monoisotopic (exact) mass is 592 g/mol. The van der Waals surface area contributed by atoms with Crippen LogP contribution in [-0.4, -0.2) is 26.7 Å². The van der Waals surface area contributed by atoms with Gasteiger partial charge in [-0.2, -0.15) is 0 Å². The van der Waals surface area contributed by atoms with E-state index in [1.807, 2.05) is 0 Å². The number of hydrogen-bond donors (Lipinski definition) is 4. The molecular formula is C21H21Br2ClF2N4O2. The van der Waals surface area contributed by atoms with Crippen LogP contribution in [0.4, 0.5) is 25.0 Å². The number of nitrogens with one attached hydrogen (secondary N) is 2. The number of H-pyrrole nitrogens is 2. The van der Waals surface area contributed by atoms with Crippen molar-refractivity contribution in [3.05, 3.63) is 57.2 Å². The standard InChI is InChI=1S/C13H14BrFN2O2.C8H6BrFN2.ClH/c1-13(2,3)17(12(18)19)10-6-16-11-8(10)4-7(14)5-9(11)15;9-4-1-5-7(11)3-12-8(5)6(10)2-4;/h4-6,16H,1-3H3,(H,18,19);1-3,12H,11H2;1H. The van der Waals surface area contributed by atoms with E-state index in [1.165, 1.54) is 23.2 Å². The average molecular weight is 595 g/mol. The summed E-state index contributed by atoms with van der Waals surface area (Å²) in [5.74, 6) is -0.717. The van der Waals surface area contributed by atoms with E-state index >= 15 is 0 Å². The number of anilines is 2. The lowest BCUT2D eigenvalue weighted by Gasteiger charge is -2.32. The van der Waals surface area contributed by atoms with Gasteiger partial charge in [-0.05, 0) is 45.0 Å². The van der Waals surface area contributed by atoms with E-state index in [9.17, 15) is 18.7 Å². The molecule has 0 aliphatic heterocycles. The number of halogens is 5. The Hall–Kier alpha value is -2.30. The highest BCUT2D eigenvalue weighted by molar-refractivity contribution is 9.10. The van der Waals surface area contributed by atoms with Crippen LogP contribution in [0.2, 0.25) is 0 Å². The lowest BCUT2D eigenvalue weighted by Crippen LogP contribution is -2.45. The number of aromatic amines is 2. The van der Waals surface area contributed by atoms with Gasteiger partial charge in [0.05, 0.1) is 22.4 Å². The molecule has 2 aromatic carbocycles. The van der Waals surface area contributed by atoms with E-state index < -0.39 is 17.4 Å². The average Bonchev–Trinajstić information content (AvgIpc) is 3.19. The van der Waals surface area contributed by atoms with E-state index in [1.54, 1.807) is 39.1 Å². The molecule has 0 unspecified atom stereocenters. The van der Waals surface area contributed by atoms with Crippen molar-refractivity contribution in [3.8, 4) is 0 Å². The Morgan fingerprint density at radius 2 is 1.44 bits per heavy atom. The summed E-state index contributed by atoms with van der Waals surface area (Å²) in [6.45, 7) is 5.36. The largest absolute Gasteiger partial charge is 0.465 e. The second-order valence-corrected chi connectivity index (χ2v) is 9.66. The van der Waals surface area contributed by atoms with Crippen molar-refractivity contribution >= 4 is 83.5 Å². The minimum absolute atomic E-state index is 0. The molecule has 0 bridgehead atoms. The normalized spacial score (nSPS) is 11.1. The van der Waals surface area contributed by atoms with Crippen LogP contribution < -0.4 is 10.6 Å². The number of nitrogen functional groups attached to an aromatic ring is 1. The zero-order valence-electron chi connectivity index (χ0n) is 17.3. The zero-order chi connectivity index (χ0) is 23.1. The molecule has 0 fully saturated rings. The lowest BCUT2D eigenvalue weighted by molar-refractivity contribution is 0.196. The molecule has 0 aliphatic carbocycles. The molecule has 1 amide bonds. The fraction of sp³-hybridized carbons (Fsp3) is 0.190. The number of carbonyl (C=O) groups is 1. The summed E-state index contributed by atoms with van der Waals surface area (Å²) in [7, 11) is 0. The predicted octanol–water partition coefficient (Wildman–Crippen LogP) is 7.43. The first-order valence-electron chi connectivity index (χ1n) is 9.11. The number of hydrogen-bond acceptors (Lipinski definition) is 2. The molecule has 0 saturated carbocycles. The predicted molar refractivity (Wildman–Crippen MR) is 134 cm³/mol. The second-order valence-electron chi connectivity index (χ2n) is 7.83. The molecule has 0 atom stereocenters. The Morgan fingerprint density at radius 3 is 1.94 bits per heavy atom. The molecule has 2 aromatic heterocycles. The van der Waals surface area contributed by atoms with Crippen molar-refractivity contribution in [2.24, 2.45) is 0 Å². The number of amides is 1. The zero-order valence-corrected chi connectivity index (χ0v) is 21.3. The molecule has 5 N–H and O–H groups in total. The van der Waals surface area contributed by atoms with Gasteiger partial charge in [0.1, 0.15) is 11.6 Å². The minimum atomic E-state index is -1.08. The third kappa shape index (κ3) is 5.19. The van der Waals surface area contributed by atoms with Crippen molar-refractivity contribution in [2.45, 2.75) is 26.3 Å². The van der Waals surface area contributed by atoms with Crippen LogP contribution in [0.1, 0.15) is 20.8 Å². The molecule has 0 saturated heterocycles. The van der Waals surface area contributed by atoms with E-state index in [2.05, 4.69) is 41.8 Å². The van der Waals surface area contributed by atoms with E-state index in [4.69, 9.17) is 5.73 Å². The maximum Gasteiger partial charge on any atom is 0.412 e. The highest BCUT2D eigenvalue weighted by Crippen LogP contribution is 2.34. The molecule has 0 aliphatic rings. The summed E-state index contributed by atoms with van der Waals surface area (Å²) in [4.78, 5) is 18.2. The van der Waals surface area contributed by atoms with Gasteiger partial charge in [-0.15, -0.1) is 12.4 Å². The fourth-order valence-electron chi connectivity index (χ4n) is 3.25. The van der Waals surface area contributed by atoms with Gasteiger partial charge in [-0.3, -0.25) is 4.90 Å². The quantitative estimate of drug-likeness (QED) is 0.185. The van der Waals surface area contributed by atoms with Gasteiger partial charge in [-0.25, -0.2) is 13.6 Å². The van der Waals surface area contributed by atoms with Gasteiger partial charge in [0.2, 0.25) is 0 Å². The van der Waals surface area contributed by atoms with Crippen LogP contribution in [0.5, 0.6) is 0 Å². The third-order valence-corrected chi connectivity index (χ3v) is 5.44. The summed E-state index contributed by atoms with van der Waals surface area (Å²) < 4.78 is 28.2. The van der Waals surface area contributed by atoms with Gasteiger partial charge < -0.3 is 20.8 Å². The number of aromatic nitrogens is 2. The molecule has 4 rings (SSSR count). The van der Waals surface area contributed by atoms with Crippen LogP contribution in [-0.2, 0) is 0 Å². The molecule has 6 nitrogen and oxygen atoms in total. The number of nitrogens with zero attached hydrogens (tertiary/aromatic N) is 1. The molecule has 32 heavy (non-hydrogen) atoms. The van der Waals surface area contributed by atoms with Gasteiger partial charge in [0.25, 0.3) is 0 Å². The number of rotatable bonds is 1. The number of nitrogens with two attached hydrogens (primary N) is 1. The third-order valence-electron chi connectivity index (χ3n) is 4.53. The number of fused-ring (bicyclic) bond motifs is 2. The SMILES string of the molecule is CC(C)(C)N(C(=O)O)c1c[nH]c2c(F)cc(Br)cc12.Cl.Nc1c[nH]c2c(F)cc(Br)cc12. The lowest BCUT2D eigenvalue weighted by atomic mass is 10.1. The smallest absolute Gasteiger partial charge is 0.412 e. The Kier molecular flexibility index (Phi) is 7.85. The van der Waals surface area contributed by atoms with Crippen molar-refractivity contribution in [2.75, 3.05) is 10.6 Å². The van der Waals surface area contributed by atoms with Crippen molar-refractivity contribution in [3.63, 3.8) is 0 Å². The summed E-state index contributed by atoms with van der Waals surface area (Å²) in [5, 5.41) is 10.6. The maximum atomic E-state index is 13.8. The summed E-state index contributed by atoms with van der Waals surface area (Å²) >= 11 is 6.41. The molecule has 4 aromatic rings. The topological polar surface area (TPSA) is 98.1 Å². The van der Waals surface area contributed by atoms with Crippen molar-refractivity contribution < 1.29 is 18.7 Å². The van der Waals surface area contributed by atoms with E-state index in [0.29, 0.717) is 42.1 Å². The first-order valence-corrected chi connectivity index (χ1v) is 10.7. The Labute approximate surface area is 205 Å². The summed E-state index contributed by atoms with van der Waals surface area (Å²) in [6.07, 6.45) is 2.02. The van der Waals surface area contributed by atoms with E-state index in [0.717, 1.165) is 0 Å². The Balaban J connectivity index is 0.000000241. The van der Waals surface area contributed by atoms with Crippen LogP contribution in [0.25, 0.3) is 21.8 Å². The van der Waals surface area contributed by atoms with Crippen LogP contribution in [0.3, 0.4) is 0 Å². The molecular weight excluding hydrogens is 574 g/mol. The number of carboxylic acid groups (broad SMARTS) is 1. The van der Waals surface area contributed by atoms with E-state index in [-0.39, 0.29) is 18.2 Å². The molecule has 0 spiro atoms. The summed E-state index contributed by atoms with van der Waals surface area (Å²) in [6, 6.07) is 6.22. The Morgan fingerprint density at radius 1 is 0.969 bits per heavy atom.